The van der Waals surface area contributed by atoms with Gasteiger partial charge in [0.25, 0.3) is 0 Å². The van der Waals surface area contributed by atoms with Crippen LogP contribution >= 0.6 is 0 Å². The molecule has 3 heteroatoms. The minimum Gasteiger partial charge on any atom is -0.480 e. The summed E-state index contributed by atoms with van der Waals surface area (Å²) in [5.41, 5.74) is 1.13. The van der Waals surface area contributed by atoms with Crippen LogP contribution in [0.5, 0.6) is 0 Å². The van der Waals surface area contributed by atoms with Gasteiger partial charge in [-0.3, -0.25) is 4.79 Å². The summed E-state index contributed by atoms with van der Waals surface area (Å²) in [4.78, 5) is 10.9. The number of carboxylic acid groups (broad SMARTS) is 1. The zero-order valence-corrected chi connectivity index (χ0v) is 8.52. The Morgan fingerprint density at radius 2 is 2.07 bits per heavy atom. The molecule has 1 saturated carbocycles. The van der Waals surface area contributed by atoms with Crippen molar-refractivity contribution in [3.63, 3.8) is 0 Å². The van der Waals surface area contributed by atoms with Crippen molar-refractivity contribution in [1.82, 2.24) is 5.32 Å². The summed E-state index contributed by atoms with van der Waals surface area (Å²) in [6.45, 7) is 0.633. The van der Waals surface area contributed by atoms with Gasteiger partial charge in [-0.05, 0) is 24.3 Å². The van der Waals surface area contributed by atoms with E-state index in [9.17, 15) is 4.79 Å². The largest absolute Gasteiger partial charge is 0.480 e. The average molecular weight is 205 g/mol. The lowest BCUT2D eigenvalue weighted by atomic mass is 10.1. The van der Waals surface area contributed by atoms with E-state index in [0.29, 0.717) is 12.5 Å². The lowest BCUT2D eigenvalue weighted by molar-refractivity contribution is -0.140. The Morgan fingerprint density at radius 3 is 2.60 bits per heavy atom. The van der Waals surface area contributed by atoms with E-state index < -0.39 is 5.97 Å². The van der Waals surface area contributed by atoms with Gasteiger partial charge in [0, 0.05) is 6.54 Å². The predicted molar refractivity (Wildman–Crippen MR) is 57.4 cm³/mol. The smallest absolute Gasteiger partial charge is 0.320 e. The Morgan fingerprint density at radius 1 is 1.40 bits per heavy atom. The summed E-state index contributed by atoms with van der Waals surface area (Å²) in [6, 6.07) is 9.51. The lowest BCUT2D eigenvalue weighted by Crippen LogP contribution is -2.37. The summed E-state index contributed by atoms with van der Waals surface area (Å²) >= 11 is 0. The molecule has 0 spiro atoms. The molecule has 2 rings (SSSR count). The Labute approximate surface area is 89.1 Å². The molecule has 2 N–H and O–H groups in total. The molecule has 0 amide bonds. The van der Waals surface area contributed by atoms with E-state index >= 15 is 0 Å². The van der Waals surface area contributed by atoms with Gasteiger partial charge in [0.05, 0.1) is 0 Å². The first kappa shape index (κ1) is 10.2. The van der Waals surface area contributed by atoms with Crippen LogP contribution in [0, 0.1) is 5.92 Å². The molecule has 0 radical (unpaired) electrons. The topological polar surface area (TPSA) is 49.3 Å². The number of nitrogens with one attached hydrogen (secondary N) is 1. The quantitative estimate of drug-likeness (QED) is 0.768. The molecule has 0 aliphatic heterocycles. The second kappa shape index (κ2) is 4.45. The van der Waals surface area contributed by atoms with Gasteiger partial charge >= 0.3 is 5.97 Å². The van der Waals surface area contributed by atoms with Gasteiger partial charge in [-0.2, -0.15) is 0 Å². The van der Waals surface area contributed by atoms with E-state index in [4.69, 9.17) is 5.11 Å². The molecule has 0 unspecified atom stereocenters. The van der Waals surface area contributed by atoms with E-state index in [1.165, 1.54) is 0 Å². The van der Waals surface area contributed by atoms with Crippen LogP contribution in [0.4, 0.5) is 0 Å². The number of carbonyl (C=O) groups is 1. The van der Waals surface area contributed by atoms with Crippen molar-refractivity contribution in [3.8, 4) is 0 Å². The Balaban J connectivity index is 1.88. The number of carboxylic acids is 1. The number of hydrogen-bond acceptors (Lipinski definition) is 2. The second-order valence-electron chi connectivity index (χ2n) is 4.02. The fourth-order valence-electron chi connectivity index (χ4n) is 1.71. The first-order chi connectivity index (χ1) is 7.27. The maximum Gasteiger partial charge on any atom is 0.320 e. The second-order valence-corrected chi connectivity index (χ2v) is 4.02. The number of hydrogen-bond donors (Lipinski definition) is 2. The first-order valence-electron chi connectivity index (χ1n) is 5.27. The molecule has 1 aliphatic rings. The van der Waals surface area contributed by atoms with Crippen molar-refractivity contribution in [2.45, 2.75) is 25.4 Å². The maximum atomic E-state index is 10.9. The first-order valence-corrected chi connectivity index (χ1v) is 5.27. The number of rotatable bonds is 5. The molecule has 0 aromatic heterocycles. The van der Waals surface area contributed by atoms with Crippen LogP contribution in [-0.2, 0) is 11.3 Å². The fraction of sp³-hybridized carbons (Fsp3) is 0.417. The van der Waals surface area contributed by atoms with Crippen LogP contribution < -0.4 is 5.32 Å². The molecule has 1 atom stereocenters. The molecule has 15 heavy (non-hydrogen) atoms. The predicted octanol–water partition coefficient (Wildman–Crippen LogP) is 1.64. The third-order valence-corrected chi connectivity index (χ3v) is 2.73. The molecule has 0 heterocycles. The molecule has 1 aromatic rings. The van der Waals surface area contributed by atoms with Crippen LogP contribution in [0.15, 0.2) is 30.3 Å². The van der Waals surface area contributed by atoms with Crippen molar-refractivity contribution >= 4 is 5.97 Å². The molecule has 80 valence electrons. The zero-order chi connectivity index (χ0) is 10.7. The number of aliphatic carboxylic acids is 1. The average Bonchev–Trinajstić information content (AvgIpc) is 3.03. The SMILES string of the molecule is O=C(O)[C@@H](NCc1ccccc1)C1CC1. The molecule has 0 saturated heterocycles. The van der Waals surface area contributed by atoms with Crippen molar-refractivity contribution < 1.29 is 9.90 Å². The van der Waals surface area contributed by atoms with E-state index in [1.54, 1.807) is 0 Å². The van der Waals surface area contributed by atoms with Gasteiger partial charge in [-0.25, -0.2) is 0 Å². The summed E-state index contributed by atoms with van der Waals surface area (Å²) in [6.07, 6.45) is 2.08. The molecule has 0 bridgehead atoms. The Kier molecular flexibility index (Phi) is 3.02. The van der Waals surface area contributed by atoms with Gasteiger partial charge in [-0.1, -0.05) is 30.3 Å². The monoisotopic (exact) mass is 205 g/mol. The minimum absolute atomic E-state index is 0.339. The maximum absolute atomic E-state index is 10.9. The highest BCUT2D eigenvalue weighted by molar-refractivity contribution is 5.74. The Bertz CT molecular complexity index is 333. The summed E-state index contributed by atoms with van der Waals surface area (Å²) in [5, 5.41) is 12.1. The molecular formula is C12H15NO2. The summed E-state index contributed by atoms with van der Waals surface area (Å²) in [5.74, 6) is -0.389. The van der Waals surface area contributed by atoms with Gasteiger partial charge in [0.15, 0.2) is 0 Å². The standard InChI is InChI=1S/C12H15NO2/c14-12(15)11(10-6-7-10)13-8-9-4-2-1-3-5-9/h1-5,10-11,13H,6-8H2,(H,14,15)/t11-/m0/s1. The van der Waals surface area contributed by atoms with Crippen molar-refractivity contribution in [2.75, 3.05) is 0 Å². The normalized spacial score (nSPS) is 17.3. The summed E-state index contributed by atoms with van der Waals surface area (Å²) in [7, 11) is 0. The van der Waals surface area contributed by atoms with E-state index in [1.807, 2.05) is 30.3 Å². The van der Waals surface area contributed by atoms with Gasteiger partial charge in [-0.15, -0.1) is 0 Å². The van der Waals surface area contributed by atoms with E-state index in [-0.39, 0.29) is 6.04 Å². The number of benzene rings is 1. The van der Waals surface area contributed by atoms with Crippen LogP contribution in [-0.4, -0.2) is 17.1 Å². The van der Waals surface area contributed by atoms with Crippen LogP contribution in [0.3, 0.4) is 0 Å². The third-order valence-electron chi connectivity index (χ3n) is 2.73. The zero-order valence-electron chi connectivity index (χ0n) is 8.52. The van der Waals surface area contributed by atoms with Gasteiger partial charge in [0.1, 0.15) is 6.04 Å². The van der Waals surface area contributed by atoms with Gasteiger partial charge < -0.3 is 10.4 Å². The summed E-state index contributed by atoms with van der Waals surface area (Å²) < 4.78 is 0. The van der Waals surface area contributed by atoms with E-state index in [2.05, 4.69) is 5.32 Å². The van der Waals surface area contributed by atoms with Crippen molar-refractivity contribution in [1.29, 1.82) is 0 Å². The fourth-order valence-corrected chi connectivity index (χ4v) is 1.71. The third kappa shape index (κ3) is 2.80. The highest BCUT2D eigenvalue weighted by Gasteiger charge is 2.35. The van der Waals surface area contributed by atoms with Crippen molar-refractivity contribution in [2.24, 2.45) is 5.92 Å². The molecule has 1 fully saturated rings. The van der Waals surface area contributed by atoms with Crippen molar-refractivity contribution in [3.05, 3.63) is 35.9 Å². The van der Waals surface area contributed by atoms with E-state index in [0.717, 1.165) is 18.4 Å². The highest BCUT2D eigenvalue weighted by atomic mass is 16.4. The minimum atomic E-state index is -0.728. The molecular weight excluding hydrogens is 190 g/mol. The molecule has 1 aromatic carbocycles. The highest BCUT2D eigenvalue weighted by Crippen LogP contribution is 2.32. The lowest BCUT2D eigenvalue weighted by Gasteiger charge is -2.13. The van der Waals surface area contributed by atoms with Crippen LogP contribution in [0.2, 0.25) is 0 Å². The molecule has 1 aliphatic carbocycles. The molecule has 3 nitrogen and oxygen atoms in total. The van der Waals surface area contributed by atoms with Crippen LogP contribution in [0.1, 0.15) is 18.4 Å². The van der Waals surface area contributed by atoms with Crippen LogP contribution in [0.25, 0.3) is 0 Å². The Hall–Kier alpha value is -1.35. The van der Waals surface area contributed by atoms with Gasteiger partial charge in [0.2, 0.25) is 0 Å².